The maximum Gasteiger partial charge on any atom is 0.270 e. The minimum absolute atomic E-state index is 0.0163. The highest BCUT2D eigenvalue weighted by Gasteiger charge is 2.08. The lowest BCUT2D eigenvalue weighted by atomic mass is 10.1. The Morgan fingerprint density at radius 1 is 1.50 bits per heavy atom. The smallest absolute Gasteiger partial charge is 0.270 e. The molecule has 0 saturated heterocycles. The third-order valence-electron chi connectivity index (χ3n) is 1.92. The topological polar surface area (TPSA) is 70.2 Å². The van der Waals surface area contributed by atoms with Gasteiger partial charge >= 0.3 is 0 Å². The second kappa shape index (κ2) is 4.94. The van der Waals surface area contributed by atoms with Crippen LogP contribution in [0, 0.1) is 21.4 Å². The van der Waals surface area contributed by atoms with E-state index in [0.29, 0.717) is 11.1 Å². The first-order valence-electron chi connectivity index (χ1n) is 4.58. The minimum atomic E-state index is -0.478. The Hall–Kier alpha value is -2.35. The Morgan fingerprint density at radius 3 is 2.69 bits per heavy atom. The maximum absolute atomic E-state index is 10.6. The first kappa shape index (κ1) is 11.7. The van der Waals surface area contributed by atoms with Crippen molar-refractivity contribution < 1.29 is 4.92 Å². The number of nitriles is 1. The van der Waals surface area contributed by atoms with E-state index in [-0.39, 0.29) is 5.69 Å². The van der Waals surface area contributed by atoms with Gasteiger partial charge in [0.05, 0.1) is 16.6 Å². The predicted octanol–water partition coefficient (Wildman–Crippen LogP) is 2.00. The summed E-state index contributed by atoms with van der Waals surface area (Å²) in [6, 6.07) is 6.16. The van der Waals surface area contributed by atoms with E-state index in [4.69, 9.17) is 5.26 Å². The fourth-order valence-electron chi connectivity index (χ4n) is 1.13. The number of hydrogen-bond donors (Lipinski definition) is 0. The van der Waals surface area contributed by atoms with Gasteiger partial charge in [-0.2, -0.15) is 5.26 Å². The van der Waals surface area contributed by atoms with Crippen LogP contribution in [0.15, 0.2) is 24.4 Å². The molecule has 1 aromatic rings. The third kappa shape index (κ3) is 2.82. The van der Waals surface area contributed by atoms with Crippen molar-refractivity contribution in [1.29, 1.82) is 5.26 Å². The molecule has 0 saturated carbocycles. The minimum Gasteiger partial charge on any atom is -0.383 e. The summed E-state index contributed by atoms with van der Waals surface area (Å²) in [5.41, 5.74) is 0.950. The van der Waals surface area contributed by atoms with E-state index in [1.165, 1.54) is 18.2 Å². The second-order valence-corrected chi connectivity index (χ2v) is 3.42. The van der Waals surface area contributed by atoms with Crippen molar-refractivity contribution in [2.75, 3.05) is 14.1 Å². The Kier molecular flexibility index (Phi) is 3.62. The average Bonchev–Trinajstić information content (AvgIpc) is 2.25. The number of non-ortho nitro benzene ring substituents is 1. The number of benzene rings is 1. The van der Waals surface area contributed by atoms with Gasteiger partial charge in [-0.25, -0.2) is 0 Å². The van der Waals surface area contributed by atoms with Gasteiger partial charge in [-0.15, -0.1) is 0 Å². The number of hydrogen-bond acceptors (Lipinski definition) is 4. The van der Waals surface area contributed by atoms with Crippen LogP contribution >= 0.6 is 0 Å². The first-order chi connectivity index (χ1) is 7.54. The zero-order valence-corrected chi connectivity index (χ0v) is 9.04. The van der Waals surface area contributed by atoms with Crippen LogP contribution in [0.1, 0.15) is 11.1 Å². The van der Waals surface area contributed by atoms with Crippen molar-refractivity contribution in [2.24, 2.45) is 0 Å². The summed E-state index contributed by atoms with van der Waals surface area (Å²) in [4.78, 5) is 11.9. The molecule has 0 atom stereocenters. The predicted molar refractivity (Wildman–Crippen MR) is 60.5 cm³/mol. The molecule has 1 rings (SSSR count). The van der Waals surface area contributed by atoms with Crippen molar-refractivity contribution in [3.63, 3.8) is 0 Å². The summed E-state index contributed by atoms with van der Waals surface area (Å²) in [5, 5.41) is 19.4. The molecule has 0 amide bonds. The largest absolute Gasteiger partial charge is 0.383 e. The van der Waals surface area contributed by atoms with Crippen LogP contribution < -0.4 is 0 Å². The monoisotopic (exact) mass is 217 g/mol. The van der Waals surface area contributed by atoms with Gasteiger partial charge in [0, 0.05) is 31.8 Å². The van der Waals surface area contributed by atoms with Crippen molar-refractivity contribution in [1.82, 2.24) is 4.90 Å². The van der Waals surface area contributed by atoms with Crippen LogP contribution in [0.3, 0.4) is 0 Å². The highest BCUT2D eigenvalue weighted by Crippen LogP contribution is 2.18. The quantitative estimate of drug-likeness (QED) is 0.573. The zero-order chi connectivity index (χ0) is 12.1. The number of nitro benzene ring substituents is 1. The molecule has 0 aliphatic rings. The zero-order valence-electron chi connectivity index (χ0n) is 9.04. The molecule has 0 aliphatic heterocycles. The summed E-state index contributed by atoms with van der Waals surface area (Å²) in [6.45, 7) is 0. The molecule has 0 bridgehead atoms. The van der Waals surface area contributed by atoms with Crippen LogP contribution in [-0.4, -0.2) is 23.9 Å². The standard InChI is InChI=1S/C11H11N3O2/c1-13(2)6-5-9-7-11(14(15)16)4-3-10(9)8-12/h3-7H,1-2H3/b6-5+. The maximum atomic E-state index is 10.6. The van der Waals surface area contributed by atoms with Crippen molar-refractivity contribution in [2.45, 2.75) is 0 Å². The van der Waals surface area contributed by atoms with Crippen LogP contribution in [0.25, 0.3) is 6.08 Å². The average molecular weight is 217 g/mol. The van der Waals surface area contributed by atoms with Crippen LogP contribution in [0.5, 0.6) is 0 Å². The molecule has 1 aromatic carbocycles. The second-order valence-electron chi connectivity index (χ2n) is 3.42. The van der Waals surface area contributed by atoms with Crippen molar-refractivity contribution in [3.8, 4) is 6.07 Å². The van der Waals surface area contributed by atoms with E-state index in [0.717, 1.165) is 0 Å². The van der Waals surface area contributed by atoms with Gasteiger partial charge in [0.25, 0.3) is 5.69 Å². The van der Waals surface area contributed by atoms with Crippen LogP contribution in [0.4, 0.5) is 5.69 Å². The summed E-state index contributed by atoms with van der Waals surface area (Å²) in [5.74, 6) is 0. The van der Waals surface area contributed by atoms with E-state index in [1.807, 2.05) is 20.2 Å². The molecule has 5 nitrogen and oxygen atoms in total. The van der Waals surface area contributed by atoms with E-state index in [2.05, 4.69) is 0 Å². The van der Waals surface area contributed by atoms with E-state index < -0.39 is 4.92 Å². The molecule has 0 heterocycles. The lowest BCUT2D eigenvalue weighted by Gasteiger charge is -2.04. The number of rotatable bonds is 3. The molecule has 0 aliphatic carbocycles. The molecule has 0 radical (unpaired) electrons. The SMILES string of the molecule is CN(C)/C=C/c1cc([N+](=O)[O-])ccc1C#N. The summed E-state index contributed by atoms with van der Waals surface area (Å²) < 4.78 is 0. The molecular formula is C11H11N3O2. The molecule has 16 heavy (non-hydrogen) atoms. The van der Waals surface area contributed by atoms with E-state index in [1.54, 1.807) is 17.2 Å². The molecule has 0 unspecified atom stereocenters. The lowest BCUT2D eigenvalue weighted by molar-refractivity contribution is -0.384. The first-order valence-corrected chi connectivity index (χ1v) is 4.58. The van der Waals surface area contributed by atoms with E-state index >= 15 is 0 Å². The third-order valence-corrected chi connectivity index (χ3v) is 1.92. The molecule has 5 heteroatoms. The van der Waals surface area contributed by atoms with Gasteiger partial charge in [0.1, 0.15) is 0 Å². The summed E-state index contributed by atoms with van der Waals surface area (Å²) >= 11 is 0. The van der Waals surface area contributed by atoms with Gasteiger partial charge < -0.3 is 4.90 Å². The fraction of sp³-hybridized carbons (Fsp3) is 0.182. The fourth-order valence-corrected chi connectivity index (χ4v) is 1.13. The highest BCUT2D eigenvalue weighted by atomic mass is 16.6. The van der Waals surface area contributed by atoms with Gasteiger partial charge in [-0.1, -0.05) is 0 Å². The Morgan fingerprint density at radius 2 is 2.19 bits per heavy atom. The normalized spacial score (nSPS) is 10.1. The van der Waals surface area contributed by atoms with Crippen LogP contribution in [0.2, 0.25) is 0 Å². The van der Waals surface area contributed by atoms with Gasteiger partial charge in [-0.05, 0) is 18.3 Å². The molecule has 0 aromatic heterocycles. The highest BCUT2D eigenvalue weighted by molar-refractivity contribution is 5.61. The molecule has 0 fully saturated rings. The number of nitro groups is 1. The van der Waals surface area contributed by atoms with Crippen LogP contribution in [-0.2, 0) is 0 Å². The molecular weight excluding hydrogens is 206 g/mol. The summed E-state index contributed by atoms with van der Waals surface area (Å²) in [7, 11) is 3.67. The lowest BCUT2D eigenvalue weighted by Crippen LogP contribution is -2.00. The van der Waals surface area contributed by atoms with Gasteiger partial charge in [0.2, 0.25) is 0 Å². The van der Waals surface area contributed by atoms with E-state index in [9.17, 15) is 10.1 Å². The Bertz CT molecular complexity index is 473. The molecule has 0 N–H and O–H groups in total. The van der Waals surface area contributed by atoms with Crippen molar-refractivity contribution in [3.05, 3.63) is 45.6 Å². The molecule has 0 spiro atoms. The Balaban J connectivity index is 3.18. The summed E-state index contributed by atoms with van der Waals surface area (Å²) in [6.07, 6.45) is 3.41. The van der Waals surface area contributed by atoms with Crippen molar-refractivity contribution >= 4 is 11.8 Å². The Labute approximate surface area is 93.4 Å². The molecule has 82 valence electrons. The van der Waals surface area contributed by atoms with Gasteiger partial charge in [0.15, 0.2) is 0 Å². The van der Waals surface area contributed by atoms with Gasteiger partial charge in [-0.3, -0.25) is 10.1 Å². The number of nitrogens with zero attached hydrogens (tertiary/aromatic N) is 3.